The molecule has 1 rings (SSSR count). The van der Waals surface area contributed by atoms with Crippen LogP contribution >= 0.6 is 28.3 Å². The van der Waals surface area contributed by atoms with Crippen molar-refractivity contribution in [2.24, 2.45) is 5.73 Å². The Hall–Kier alpha value is -0.850. The van der Waals surface area contributed by atoms with Crippen molar-refractivity contribution >= 4 is 34.3 Å². The second-order valence-electron chi connectivity index (χ2n) is 3.21. The van der Waals surface area contributed by atoms with Gasteiger partial charge in [-0.15, -0.1) is 12.4 Å². The van der Waals surface area contributed by atoms with Crippen molar-refractivity contribution in [1.29, 1.82) is 0 Å². The van der Waals surface area contributed by atoms with Gasteiger partial charge in [-0.25, -0.2) is 4.39 Å². The van der Waals surface area contributed by atoms with E-state index in [0.29, 0.717) is 4.47 Å². The van der Waals surface area contributed by atoms with E-state index in [2.05, 4.69) is 20.7 Å². The summed E-state index contributed by atoms with van der Waals surface area (Å²) in [6.45, 7) is 0. The Bertz CT molecular complexity index is 417. The summed E-state index contributed by atoms with van der Waals surface area (Å²) in [4.78, 5) is 11.0. The Morgan fingerprint density at radius 3 is 2.76 bits per heavy atom. The molecule has 0 aromatic heterocycles. The average molecular weight is 329 g/mol. The van der Waals surface area contributed by atoms with E-state index in [9.17, 15) is 14.3 Å². The number of hydrogen-bond acceptors (Lipinski definition) is 4. The maximum absolute atomic E-state index is 13.2. The number of hydrogen-bond donors (Lipinski definition) is 2. The van der Waals surface area contributed by atoms with Gasteiger partial charge in [-0.2, -0.15) is 0 Å². The highest BCUT2D eigenvalue weighted by molar-refractivity contribution is 9.10. The van der Waals surface area contributed by atoms with E-state index in [0.717, 1.165) is 6.07 Å². The summed E-state index contributed by atoms with van der Waals surface area (Å²) in [7, 11) is 1.23. The molecule has 0 spiro atoms. The van der Waals surface area contributed by atoms with E-state index in [1.807, 2.05) is 0 Å². The van der Waals surface area contributed by atoms with Gasteiger partial charge in [0.15, 0.2) is 11.6 Å². The van der Waals surface area contributed by atoms with Crippen molar-refractivity contribution in [3.05, 3.63) is 28.0 Å². The fraction of sp³-hybridized carbons (Fsp3) is 0.300. The van der Waals surface area contributed by atoms with Gasteiger partial charge in [-0.05, 0) is 12.1 Å². The number of benzene rings is 1. The lowest BCUT2D eigenvalue weighted by Crippen LogP contribution is -2.16. The standard InChI is InChI=1S/C10H11BrFNO3.ClH/c1-16-9(14)4-8(13)6-2-5(11)3-7(12)10(6)15;/h2-3,8,15H,4,13H2,1H3;1H/t8-;/m0./s1. The van der Waals surface area contributed by atoms with Crippen molar-refractivity contribution in [3.63, 3.8) is 0 Å². The maximum atomic E-state index is 13.2. The first-order valence-corrected chi connectivity index (χ1v) is 5.25. The van der Waals surface area contributed by atoms with E-state index in [1.165, 1.54) is 13.2 Å². The predicted octanol–water partition coefficient (Wildman–Crippen LogP) is 2.28. The van der Waals surface area contributed by atoms with Gasteiger partial charge in [0.1, 0.15) is 0 Å². The van der Waals surface area contributed by atoms with E-state index in [1.54, 1.807) is 0 Å². The molecule has 7 heteroatoms. The van der Waals surface area contributed by atoms with Crippen LogP contribution in [0.2, 0.25) is 0 Å². The van der Waals surface area contributed by atoms with Crippen LogP contribution in [0.1, 0.15) is 18.0 Å². The molecule has 1 atom stereocenters. The summed E-state index contributed by atoms with van der Waals surface area (Å²) in [5.74, 6) is -1.85. The molecule has 0 unspecified atom stereocenters. The number of nitrogens with two attached hydrogens (primary N) is 1. The van der Waals surface area contributed by atoms with Crippen LogP contribution in [0.4, 0.5) is 4.39 Å². The molecule has 0 saturated heterocycles. The Kier molecular flexibility index (Phi) is 6.44. The summed E-state index contributed by atoms with van der Waals surface area (Å²) in [5, 5.41) is 9.45. The minimum atomic E-state index is -0.806. The topological polar surface area (TPSA) is 72.5 Å². The summed E-state index contributed by atoms with van der Waals surface area (Å²) in [6.07, 6.45) is -0.125. The van der Waals surface area contributed by atoms with Crippen molar-refractivity contribution in [2.75, 3.05) is 7.11 Å². The number of halogens is 3. The molecule has 0 bridgehead atoms. The molecule has 0 aliphatic heterocycles. The molecule has 17 heavy (non-hydrogen) atoms. The molecule has 0 fully saturated rings. The summed E-state index contributed by atoms with van der Waals surface area (Å²) < 4.78 is 18.0. The quantitative estimate of drug-likeness (QED) is 0.835. The zero-order valence-corrected chi connectivity index (χ0v) is 11.3. The molecule has 4 nitrogen and oxygen atoms in total. The lowest BCUT2D eigenvalue weighted by Gasteiger charge is -2.13. The average Bonchev–Trinajstić information content (AvgIpc) is 2.22. The molecule has 0 aliphatic carbocycles. The Balaban J connectivity index is 0.00000256. The van der Waals surface area contributed by atoms with Gasteiger partial charge in [0.25, 0.3) is 0 Å². The van der Waals surface area contributed by atoms with E-state index in [-0.39, 0.29) is 24.4 Å². The van der Waals surface area contributed by atoms with Gasteiger partial charge < -0.3 is 15.6 Å². The number of rotatable bonds is 3. The number of phenolic OH excluding ortho intramolecular Hbond substituents is 1. The summed E-state index contributed by atoms with van der Waals surface area (Å²) in [6, 6.07) is 1.77. The highest BCUT2D eigenvalue weighted by Crippen LogP contribution is 2.31. The van der Waals surface area contributed by atoms with E-state index in [4.69, 9.17) is 5.73 Å². The maximum Gasteiger partial charge on any atom is 0.307 e. The number of phenols is 1. The first-order chi connectivity index (χ1) is 7.45. The zero-order valence-electron chi connectivity index (χ0n) is 8.94. The molecular formula is C10H12BrClFNO3. The molecule has 96 valence electrons. The number of ether oxygens (including phenoxy) is 1. The summed E-state index contributed by atoms with van der Waals surface area (Å²) in [5.41, 5.74) is 5.83. The second-order valence-corrected chi connectivity index (χ2v) is 4.13. The van der Waals surface area contributed by atoms with Crippen LogP contribution in [0.5, 0.6) is 5.75 Å². The minimum Gasteiger partial charge on any atom is -0.505 e. The third-order valence-electron chi connectivity index (χ3n) is 2.07. The van der Waals surface area contributed by atoms with Crippen LogP contribution < -0.4 is 5.73 Å². The first-order valence-electron chi connectivity index (χ1n) is 4.46. The van der Waals surface area contributed by atoms with Crippen LogP contribution in [0.15, 0.2) is 16.6 Å². The Morgan fingerprint density at radius 2 is 2.24 bits per heavy atom. The third kappa shape index (κ3) is 4.14. The fourth-order valence-electron chi connectivity index (χ4n) is 1.24. The van der Waals surface area contributed by atoms with Gasteiger partial charge >= 0.3 is 5.97 Å². The molecule has 0 amide bonds. The SMILES string of the molecule is COC(=O)C[C@H](N)c1cc(Br)cc(F)c1O.Cl. The van der Waals surface area contributed by atoms with Crippen LogP contribution in [-0.2, 0) is 9.53 Å². The third-order valence-corrected chi connectivity index (χ3v) is 2.53. The number of carbonyl (C=O) groups excluding carboxylic acids is 1. The fourth-order valence-corrected chi connectivity index (χ4v) is 1.69. The largest absolute Gasteiger partial charge is 0.505 e. The lowest BCUT2D eigenvalue weighted by atomic mass is 10.0. The molecule has 0 heterocycles. The van der Waals surface area contributed by atoms with Gasteiger partial charge in [-0.3, -0.25) is 4.79 Å². The molecule has 3 N–H and O–H groups in total. The van der Waals surface area contributed by atoms with Crippen molar-refractivity contribution in [1.82, 2.24) is 0 Å². The highest BCUT2D eigenvalue weighted by atomic mass is 79.9. The molecule has 0 aliphatic rings. The molecular weight excluding hydrogens is 316 g/mol. The molecule has 0 saturated carbocycles. The van der Waals surface area contributed by atoms with Gasteiger partial charge in [0.05, 0.1) is 13.5 Å². The van der Waals surface area contributed by atoms with Crippen molar-refractivity contribution in [3.8, 4) is 5.75 Å². The monoisotopic (exact) mass is 327 g/mol. The van der Waals surface area contributed by atoms with Gasteiger partial charge in [0, 0.05) is 16.1 Å². The van der Waals surface area contributed by atoms with Gasteiger partial charge in [0.2, 0.25) is 0 Å². The number of aromatic hydroxyl groups is 1. The lowest BCUT2D eigenvalue weighted by molar-refractivity contribution is -0.141. The smallest absolute Gasteiger partial charge is 0.307 e. The van der Waals surface area contributed by atoms with Crippen LogP contribution in [0.25, 0.3) is 0 Å². The molecule has 0 radical (unpaired) electrons. The second kappa shape index (κ2) is 6.78. The predicted molar refractivity (Wildman–Crippen MR) is 66.6 cm³/mol. The Morgan fingerprint density at radius 1 is 1.65 bits per heavy atom. The number of methoxy groups -OCH3 is 1. The van der Waals surface area contributed by atoms with E-state index < -0.39 is 23.6 Å². The van der Waals surface area contributed by atoms with Gasteiger partial charge in [-0.1, -0.05) is 15.9 Å². The number of esters is 1. The van der Waals surface area contributed by atoms with E-state index >= 15 is 0 Å². The van der Waals surface area contributed by atoms with Crippen LogP contribution in [-0.4, -0.2) is 18.2 Å². The highest BCUT2D eigenvalue weighted by Gasteiger charge is 2.18. The van der Waals surface area contributed by atoms with Crippen LogP contribution in [0.3, 0.4) is 0 Å². The zero-order chi connectivity index (χ0) is 12.3. The minimum absolute atomic E-state index is 0. The normalized spacial score (nSPS) is 11.5. The summed E-state index contributed by atoms with van der Waals surface area (Å²) >= 11 is 3.08. The Labute approximate surface area is 112 Å². The first kappa shape index (κ1) is 16.1. The number of carbonyl (C=O) groups is 1. The van der Waals surface area contributed by atoms with Crippen molar-refractivity contribution < 1.29 is 19.0 Å². The van der Waals surface area contributed by atoms with Crippen LogP contribution in [0, 0.1) is 5.82 Å². The molecule has 1 aromatic carbocycles. The molecule has 1 aromatic rings. The van der Waals surface area contributed by atoms with Crippen molar-refractivity contribution in [2.45, 2.75) is 12.5 Å².